The number of hydrogen-bond donors (Lipinski definition) is 2. The van der Waals surface area contributed by atoms with Crippen molar-refractivity contribution >= 4 is 33.6 Å². The summed E-state index contributed by atoms with van der Waals surface area (Å²) in [6, 6.07) is 17.0. The third-order valence-corrected chi connectivity index (χ3v) is 5.17. The molecule has 4 N–H and O–H groups in total. The van der Waals surface area contributed by atoms with Gasteiger partial charge in [-0.15, -0.1) is 0 Å². The minimum Gasteiger partial charge on any atom is -0.368 e. The third kappa shape index (κ3) is 2.74. The average Bonchev–Trinajstić information content (AvgIpc) is 3.13. The fourth-order valence-corrected chi connectivity index (χ4v) is 3.85. The van der Waals surface area contributed by atoms with Crippen LogP contribution in [0.25, 0.3) is 32.9 Å². The summed E-state index contributed by atoms with van der Waals surface area (Å²) in [7, 11) is 0. The number of benzene rings is 2. The van der Waals surface area contributed by atoms with Gasteiger partial charge in [-0.3, -0.25) is 0 Å². The maximum absolute atomic E-state index is 6.16. The van der Waals surface area contributed by atoms with Crippen molar-refractivity contribution in [2.24, 2.45) is 5.73 Å². The van der Waals surface area contributed by atoms with Gasteiger partial charge in [-0.05, 0) is 28.8 Å². The summed E-state index contributed by atoms with van der Waals surface area (Å²) in [5.74, 6) is 1.14. The highest BCUT2D eigenvalue weighted by molar-refractivity contribution is 6.01. The number of nitrogen functional groups attached to an aromatic ring is 1. The smallest absolute Gasteiger partial charge is 0.222 e. The zero-order chi connectivity index (χ0) is 18.4. The summed E-state index contributed by atoms with van der Waals surface area (Å²) in [5.41, 5.74) is 14.8. The molecule has 2 aromatic carbocycles. The van der Waals surface area contributed by atoms with Crippen molar-refractivity contribution in [3.63, 3.8) is 0 Å². The summed E-state index contributed by atoms with van der Waals surface area (Å²) >= 11 is 0. The molecule has 3 heterocycles. The van der Waals surface area contributed by atoms with Crippen molar-refractivity contribution in [2.75, 3.05) is 23.7 Å². The van der Waals surface area contributed by atoms with Crippen molar-refractivity contribution in [1.82, 2.24) is 15.0 Å². The molecule has 1 aliphatic rings. The number of anilines is 2. The molecular weight excluding hydrogens is 336 g/mol. The molecule has 6 nitrogen and oxygen atoms in total. The number of fused-ring (bicyclic) bond motifs is 2. The Kier molecular flexibility index (Phi) is 3.65. The Morgan fingerprint density at radius 3 is 2.67 bits per heavy atom. The molecule has 4 aromatic rings. The molecular formula is C21H20N6. The number of pyridine rings is 1. The van der Waals surface area contributed by atoms with Gasteiger partial charge in [-0.1, -0.05) is 42.5 Å². The van der Waals surface area contributed by atoms with Gasteiger partial charge >= 0.3 is 0 Å². The van der Waals surface area contributed by atoms with Crippen LogP contribution in [0.15, 0.2) is 54.7 Å². The van der Waals surface area contributed by atoms with Crippen molar-refractivity contribution in [1.29, 1.82) is 0 Å². The van der Waals surface area contributed by atoms with E-state index in [1.54, 1.807) is 6.20 Å². The first-order valence-electron chi connectivity index (χ1n) is 9.11. The standard InChI is InChI=1S/C21H20N6/c22-15-8-9-27(12-15)20-18(10-14-11-24-21(23)26-19(14)25-20)17-7-3-5-13-4-1-2-6-16(13)17/h1-7,10-11,15H,8-9,12,22H2,(H2,23,24,25,26)/t15-/m0/s1. The lowest BCUT2D eigenvalue weighted by Gasteiger charge is -2.22. The normalized spacial score (nSPS) is 17.1. The van der Waals surface area contributed by atoms with Crippen LogP contribution in [0.5, 0.6) is 0 Å². The van der Waals surface area contributed by atoms with Gasteiger partial charge in [-0.2, -0.15) is 4.98 Å². The molecule has 0 amide bonds. The quantitative estimate of drug-likeness (QED) is 0.573. The van der Waals surface area contributed by atoms with Crippen molar-refractivity contribution < 1.29 is 0 Å². The fourth-order valence-electron chi connectivity index (χ4n) is 3.85. The van der Waals surface area contributed by atoms with Crippen LogP contribution in [0, 0.1) is 0 Å². The highest BCUT2D eigenvalue weighted by Crippen LogP contribution is 2.37. The molecule has 0 unspecified atom stereocenters. The Bertz CT molecular complexity index is 1150. The lowest BCUT2D eigenvalue weighted by Crippen LogP contribution is -2.27. The van der Waals surface area contributed by atoms with E-state index in [2.05, 4.69) is 63.4 Å². The van der Waals surface area contributed by atoms with Crippen molar-refractivity contribution in [2.45, 2.75) is 12.5 Å². The van der Waals surface area contributed by atoms with E-state index in [0.717, 1.165) is 41.8 Å². The van der Waals surface area contributed by atoms with Gasteiger partial charge in [0.2, 0.25) is 5.95 Å². The minimum absolute atomic E-state index is 0.165. The average molecular weight is 356 g/mol. The Hall–Kier alpha value is -3.25. The van der Waals surface area contributed by atoms with Crippen LogP contribution < -0.4 is 16.4 Å². The van der Waals surface area contributed by atoms with Crippen molar-refractivity contribution in [3.05, 3.63) is 54.7 Å². The molecule has 27 heavy (non-hydrogen) atoms. The molecule has 0 saturated carbocycles. The van der Waals surface area contributed by atoms with Gasteiger partial charge in [0.15, 0.2) is 5.65 Å². The first kappa shape index (κ1) is 16.0. The van der Waals surface area contributed by atoms with Crippen LogP contribution >= 0.6 is 0 Å². The van der Waals surface area contributed by atoms with E-state index in [1.807, 2.05) is 0 Å². The Labute approximate surface area is 156 Å². The highest BCUT2D eigenvalue weighted by atomic mass is 15.2. The molecule has 5 rings (SSSR count). The molecule has 0 aliphatic carbocycles. The summed E-state index contributed by atoms with van der Waals surface area (Å²) in [5, 5.41) is 3.27. The first-order chi connectivity index (χ1) is 13.2. The van der Waals surface area contributed by atoms with E-state index in [9.17, 15) is 0 Å². The third-order valence-electron chi connectivity index (χ3n) is 5.17. The number of nitrogens with two attached hydrogens (primary N) is 2. The highest BCUT2D eigenvalue weighted by Gasteiger charge is 2.24. The maximum atomic E-state index is 6.16. The van der Waals surface area contributed by atoms with E-state index in [4.69, 9.17) is 16.5 Å². The lowest BCUT2D eigenvalue weighted by atomic mass is 9.98. The number of rotatable bonds is 2. The zero-order valence-corrected chi connectivity index (χ0v) is 14.8. The van der Waals surface area contributed by atoms with Gasteiger partial charge in [0, 0.05) is 36.3 Å². The minimum atomic E-state index is 0.165. The van der Waals surface area contributed by atoms with Crippen LogP contribution in [0.1, 0.15) is 6.42 Å². The van der Waals surface area contributed by atoms with E-state index in [0.29, 0.717) is 5.65 Å². The summed E-state index contributed by atoms with van der Waals surface area (Å²) in [6.07, 6.45) is 2.69. The predicted molar refractivity (Wildman–Crippen MR) is 109 cm³/mol. The SMILES string of the molecule is Nc1ncc2cc(-c3cccc4ccccc34)c(N3CC[C@H](N)C3)nc2n1. The van der Waals surface area contributed by atoms with Gasteiger partial charge in [0.1, 0.15) is 5.82 Å². The number of aromatic nitrogens is 3. The van der Waals surface area contributed by atoms with Crippen LogP contribution in [0.2, 0.25) is 0 Å². The first-order valence-corrected chi connectivity index (χ1v) is 9.11. The molecule has 1 aliphatic heterocycles. The summed E-state index contributed by atoms with van der Waals surface area (Å²) < 4.78 is 0. The van der Waals surface area contributed by atoms with Crippen molar-refractivity contribution in [3.8, 4) is 11.1 Å². The summed E-state index contributed by atoms with van der Waals surface area (Å²) in [4.78, 5) is 15.6. The van der Waals surface area contributed by atoms with Crippen LogP contribution in [0.4, 0.5) is 11.8 Å². The molecule has 0 radical (unpaired) electrons. The van der Waals surface area contributed by atoms with Gasteiger partial charge in [0.05, 0.1) is 0 Å². The molecule has 134 valence electrons. The van der Waals surface area contributed by atoms with E-state index in [1.165, 1.54) is 10.8 Å². The van der Waals surface area contributed by atoms with Gasteiger partial charge < -0.3 is 16.4 Å². The Morgan fingerprint density at radius 1 is 0.963 bits per heavy atom. The molecule has 6 heteroatoms. The van der Waals surface area contributed by atoms with E-state index < -0.39 is 0 Å². The van der Waals surface area contributed by atoms with E-state index in [-0.39, 0.29) is 12.0 Å². The number of hydrogen-bond acceptors (Lipinski definition) is 6. The maximum Gasteiger partial charge on any atom is 0.222 e. The van der Waals surface area contributed by atoms with Crippen LogP contribution in [-0.2, 0) is 0 Å². The zero-order valence-electron chi connectivity index (χ0n) is 14.8. The van der Waals surface area contributed by atoms with E-state index >= 15 is 0 Å². The van der Waals surface area contributed by atoms with Crippen LogP contribution in [0.3, 0.4) is 0 Å². The second-order valence-corrected chi connectivity index (χ2v) is 7.02. The Balaban J connectivity index is 1.80. The number of nitrogens with zero attached hydrogens (tertiary/aromatic N) is 4. The Morgan fingerprint density at radius 2 is 1.81 bits per heavy atom. The van der Waals surface area contributed by atoms with Crippen LogP contribution in [-0.4, -0.2) is 34.1 Å². The largest absolute Gasteiger partial charge is 0.368 e. The second-order valence-electron chi connectivity index (χ2n) is 7.02. The molecule has 2 aromatic heterocycles. The monoisotopic (exact) mass is 356 g/mol. The lowest BCUT2D eigenvalue weighted by molar-refractivity contribution is 0.751. The molecule has 1 fully saturated rings. The molecule has 1 saturated heterocycles. The molecule has 0 bridgehead atoms. The summed E-state index contributed by atoms with van der Waals surface area (Å²) in [6.45, 7) is 1.68. The fraction of sp³-hybridized carbons (Fsp3) is 0.190. The molecule has 1 atom stereocenters. The van der Waals surface area contributed by atoms with Gasteiger partial charge in [0.25, 0.3) is 0 Å². The second kappa shape index (κ2) is 6.17. The van der Waals surface area contributed by atoms with Gasteiger partial charge in [-0.25, -0.2) is 9.97 Å². The predicted octanol–water partition coefficient (Wildman–Crippen LogP) is 2.96. The molecule has 0 spiro atoms. The topological polar surface area (TPSA) is 94.0 Å².